The topological polar surface area (TPSA) is 62.3 Å². The lowest BCUT2D eigenvalue weighted by molar-refractivity contribution is -0.138. The molecular formula is C13H9NO3. The molecule has 4 heteroatoms. The molecule has 0 unspecified atom stereocenters. The Morgan fingerprint density at radius 3 is 2.76 bits per heavy atom. The Kier molecular flexibility index (Phi) is 2.09. The fourth-order valence-corrected chi connectivity index (χ4v) is 1.94. The fourth-order valence-electron chi connectivity index (χ4n) is 1.94. The number of benzene rings is 2. The van der Waals surface area contributed by atoms with Crippen LogP contribution in [0.3, 0.4) is 0 Å². The number of nitrogens with one attached hydrogen (secondary N) is 1. The third kappa shape index (κ3) is 1.46. The molecule has 0 aromatic heterocycles. The van der Waals surface area contributed by atoms with Crippen molar-refractivity contribution in [1.29, 1.82) is 0 Å². The minimum atomic E-state index is -0.327. The highest BCUT2D eigenvalue weighted by Crippen LogP contribution is 2.23. The van der Waals surface area contributed by atoms with Crippen LogP contribution >= 0.6 is 0 Å². The van der Waals surface area contributed by atoms with Crippen LogP contribution in [-0.4, -0.2) is 10.2 Å². The molecule has 84 valence electrons. The molecule has 0 radical (unpaired) electrons. The van der Waals surface area contributed by atoms with Gasteiger partial charge in [-0.15, -0.1) is 0 Å². The van der Waals surface area contributed by atoms with Crippen molar-refractivity contribution >= 4 is 10.9 Å². The lowest BCUT2D eigenvalue weighted by Gasteiger charge is -2.08. The molecule has 3 rings (SSSR count). The number of rotatable bonds is 1. The van der Waals surface area contributed by atoms with Gasteiger partial charge in [0.25, 0.3) is 0 Å². The zero-order valence-corrected chi connectivity index (χ0v) is 8.81. The highest BCUT2D eigenvalue weighted by molar-refractivity contribution is 5.85. The van der Waals surface area contributed by atoms with Crippen molar-refractivity contribution in [2.75, 3.05) is 0 Å². The van der Waals surface area contributed by atoms with Gasteiger partial charge >= 0.3 is 0 Å². The minimum Gasteiger partial charge on any atom is -0.354 e. The van der Waals surface area contributed by atoms with Crippen LogP contribution < -0.4 is 10.3 Å². The summed E-state index contributed by atoms with van der Waals surface area (Å²) in [5.74, 6) is -0.0684. The summed E-state index contributed by atoms with van der Waals surface area (Å²) in [6.45, 7) is 0. The first-order valence-electron chi connectivity index (χ1n) is 5.16. The molecule has 0 atom stereocenters. The van der Waals surface area contributed by atoms with E-state index in [4.69, 9.17) is 5.26 Å². The van der Waals surface area contributed by atoms with Gasteiger partial charge in [0, 0.05) is 5.52 Å². The Morgan fingerprint density at radius 2 is 1.94 bits per heavy atom. The predicted molar refractivity (Wildman–Crippen MR) is 64.4 cm³/mol. The summed E-state index contributed by atoms with van der Waals surface area (Å²) in [5.41, 5.74) is 1.84. The van der Waals surface area contributed by atoms with Crippen LogP contribution in [0.15, 0.2) is 47.3 Å². The number of aromatic nitrogens is 1. The summed E-state index contributed by atoms with van der Waals surface area (Å²) < 4.78 is 0. The van der Waals surface area contributed by atoms with Crippen molar-refractivity contribution in [3.05, 3.63) is 52.7 Å². The molecule has 17 heavy (non-hydrogen) atoms. The summed E-state index contributed by atoms with van der Waals surface area (Å²) in [5, 5.41) is 9.52. The molecular weight excluding hydrogens is 218 g/mol. The maximum Gasteiger partial charge on any atom is 0.233 e. The quantitative estimate of drug-likeness (QED) is 0.381. The van der Waals surface area contributed by atoms with Gasteiger partial charge in [0.2, 0.25) is 11.2 Å². The first-order valence-corrected chi connectivity index (χ1v) is 5.16. The lowest BCUT2D eigenvalue weighted by Crippen LogP contribution is -2.09. The van der Waals surface area contributed by atoms with Crippen molar-refractivity contribution in [2.24, 2.45) is 0 Å². The molecule has 1 aromatic rings. The second kappa shape index (κ2) is 3.61. The number of para-hydroxylation sites is 1. The number of H-pyrrole nitrogens is 1. The Hall–Kier alpha value is -2.33. The van der Waals surface area contributed by atoms with Crippen LogP contribution in [0.5, 0.6) is 5.75 Å². The molecule has 2 aliphatic rings. The summed E-state index contributed by atoms with van der Waals surface area (Å²) in [4.78, 5) is 19.1. The van der Waals surface area contributed by atoms with E-state index in [9.17, 15) is 4.79 Å². The molecule has 4 nitrogen and oxygen atoms in total. The minimum absolute atomic E-state index is 0.0684. The van der Waals surface area contributed by atoms with E-state index in [0.29, 0.717) is 5.56 Å². The average Bonchev–Trinajstić information content (AvgIpc) is 2.37. The smallest absolute Gasteiger partial charge is 0.233 e. The molecule has 1 aromatic carbocycles. The van der Waals surface area contributed by atoms with E-state index in [1.807, 2.05) is 24.3 Å². The Balaban J connectivity index is 2.45. The zero-order chi connectivity index (χ0) is 11.8. The Bertz CT molecular complexity index is 717. The number of pyridine rings is 1. The number of hydrogen-bond acceptors (Lipinski definition) is 3. The monoisotopic (exact) mass is 227 g/mol. The van der Waals surface area contributed by atoms with Gasteiger partial charge in [-0.25, -0.2) is 5.26 Å². The maximum atomic E-state index is 11.9. The van der Waals surface area contributed by atoms with Crippen LogP contribution in [0.4, 0.5) is 0 Å². The number of aromatic amines is 1. The van der Waals surface area contributed by atoms with Crippen LogP contribution in [-0.2, 0) is 0 Å². The molecule has 0 amide bonds. The fraction of sp³-hybridized carbons (Fsp3) is 0. The lowest BCUT2D eigenvalue weighted by atomic mass is 10.1. The van der Waals surface area contributed by atoms with Gasteiger partial charge in [-0.1, -0.05) is 18.2 Å². The Morgan fingerprint density at radius 1 is 1.12 bits per heavy atom. The van der Waals surface area contributed by atoms with Gasteiger partial charge < -0.3 is 9.87 Å². The highest BCUT2D eigenvalue weighted by atomic mass is 17.1. The van der Waals surface area contributed by atoms with Gasteiger partial charge in [-0.05, 0) is 29.7 Å². The van der Waals surface area contributed by atoms with Crippen molar-refractivity contribution in [1.82, 2.24) is 4.98 Å². The third-order valence-corrected chi connectivity index (χ3v) is 2.79. The largest absolute Gasteiger partial charge is 0.354 e. The van der Waals surface area contributed by atoms with E-state index < -0.39 is 0 Å². The van der Waals surface area contributed by atoms with Gasteiger partial charge in [-0.3, -0.25) is 4.79 Å². The van der Waals surface area contributed by atoms with Crippen molar-refractivity contribution in [2.45, 2.75) is 0 Å². The van der Waals surface area contributed by atoms with Gasteiger partial charge in [0.05, 0.1) is 11.3 Å². The standard InChI is InChI=1S/C13H9NO3/c15-13-9-7-8-3-1-2-4-10(8)14-11(9)5-6-12(13)17-16/h1-7,14,16H. The van der Waals surface area contributed by atoms with Crippen molar-refractivity contribution < 1.29 is 10.1 Å². The van der Waals surface area contributed by atoms with Crippen LogP contribution in [0, 0.1) is 0 Å². The summed E-state index contributed by atoms with van der Waals surface area (Å²) in [7, 11) is 0. The Labute approximate surface area is 96.4 Å². The van der Waals surface area contributed by atoms with Crippen LogP contribution in [0.2, 0.25) is 0 Å². The third-order valence-electron chi connectivity index (χ3n) is 2.79. The number of fused-ring (bicyclic) bond motifs is 2. The molecule has 0 saturated carbocycles. The molecule has 0 saturated heterocycles. The predicted octanol–water partition coefficient (Wildman–Crippen LogP) is 2.48. The molecule has 2 N–H and O–H groups in total. The molecule has 0 fully saturated rings. The summed E-state index contributed by atoms with van der Waals surface area (Å²) >= 11 is 0. The summed E-state index contributed by atoms with van der Waals surface area (Å²) in [6, 6.07) is 12.6. The van der Waals surface area contributed by atoms with Crippen LogP contribution in [0.25, 0.3) is 22.2 Å². The van der Waals surface area contributed by atoms with Crippen molar-refractivity contribution in [3.8, 4) is 17.0 Å². The molecule has 0 spiro atoms. The highest BCUT2D eigenvalue weighted by Gasteiger charge is 2.12. The van der Waals surface area contributed by atoms with E-state index in [1.54, 1.807) is 12.1 Å². The first-order chi connectivity index (χ1) is 8.29. The van der Waals surface area contributed by atoms with E-state index >= 15 is 0 Å². The second-order valence-electron chi connectivity index (χ2n) is 3.80. The van der Waals surface area contributed by atoms with Gasteiger partial charge in [-0.2, -0.15) is 0 Å². The first kappa shape index (κ1) is 9.86. The van der Waals surface area contributed by atoms with E-state index in [-0.39, 0.29) is 11.2 Å². The van der Waals surface area contributed by atoms with Gasteiger partial charge in [0.15, 0.2) is 0 Å². The molecule has 1 heterocycles. The SMILES string of the molecule is O=c1c(OO)ccc2[nH]c3ccccc3cc1-2. The molecule has 1 aliphatic heterocycles. The average molecular weight is 227 g/mol. The van der Waals surface area contributed by atoms with E-state index in [2.05, 4.69) is 9.87 Å². The molecule has 0 bridgehead atoms. The summed E-state index contributed by atoms with van der Waals surface area (Å²) in [6.07, 6.45) is 0. The zero-order valence-electron chi connectivity index (χ0n) is 8.81. The molecule has 1 aliphatic carbocycles. The van der Waals surface area contributed by atoms with E-state index in [1.165, 1.54) is 6.07 Å². The normalized spacial score (nSPS) is 10.9. The van der Waals surface area contributed by atoms with Gasteiger partial charge in [0.1, 0.15) is 0 Å². The second-order valence-corrected chi connectivity index (χ2v) is 3.80. The van der Waals surface area contributed by atoms with Crippen molar-refractivity contribution in [3.63, 3.8) is 0 Å². The van der Waals surface area contributed by atoms with Crippen LogP contribution in [0.1, 0.15) is 0 Å². The maximum absolute atomic E-state index is 11.9. The number of hydrogen-bond donors (Lipinski definition) is 2. The van der Waals surface area contributed by atoms with E-state index in [0.717, 1.165) is 16.6 Å².